The zero-order valence-corrected chi connectivity index (χ0v) is 21.1. The molecule has 4 rings (SSSR count). The molecule has 3 aromatic rings. The third-order valence-corrected chi connectivity index (χ3v) is 7.51. The Hall–Kier alpha value is -3.46. The molecule has 1 fully saturated rings. The van der Waals surface area contributed by atoms with Crippen molar-refractivity contribution in [2.45, 2.75) is 38.6 Å². The predicted octanol–water partition coefficient (Wildman–Crippen LogP) is 3.55. The van der Waals surface area contributed by atoms with Crippen molar-refractivity contribution in [3.63, 3.8) is 0 Å². The number of amides is 1. The molecule has 6 N–H and O–H groups in total. The molecule has 1 aliphatic heterocycles. The lowest BCUT2D eigenvalue weighted by Crippen LogP contribution is -2.45. The van der Waals surface area contributed by atoms with Crippen molar-refractivity contribution in [1.82, 2.24) is 20.2 Å². The first kappa shape index (κ1) is 24.7. The average Bonchev–Trinajstić information content (AvgIpc) is 3.54. The number of anilines is 1. The van der Waals surface area contributed by atoms with Crippen LogP contribution in [0.3, 0.4) is 0 Å². The molecule has 1 aliphatic rings. The lowest BCUT2D eigenvalue weighted by molar-refractivity contribution is 0.0938. The number of benzene rings is 1. The highest BCUT2D eigenvalue weighted by molar-refractivity contribution is 7.17. The molecule has 2 aromatic heterocycles. The molecule has 8 nitrogen and oxygen atoms in total. The highest BCUT2D eigenvalue weighted by Crippen LogP contribution is 2.25. The number of carbonyl (C=O) groups is 1. The molecule has 3 heterocycles. The van der Waals surface area contributed by atoms with Gasteiger partial charge in [0, 0.05) is 55.5 Å². The number of allylic oxidation sites excluding steroid dienone is 1. The van der Waals surface area contributed by atoms with Crippen molar-refractivity contribution >= 4 is 33.3 Å². The second-order valence-electron chi connectivity index (χ2n) is 8.81. The third-order valence-electron chi connectivity index (χ3n) is 6.45. The largest absolute Gasteiger partial charge is 0.405 e. The van der Waals surface area contributed by atoms with Gasteiger partial charge < -0.3 is 31.6 Å². The van der Waals surface area contributed by atoms with Gasteiger partial charge in [0.15, 0.2) is 5.13 Å². The van der Waals surface area contributed by atoms with Crippen LogP contribution in [0, 0.1) is 0 Å². The van der Waals surface area contributed by atoms with E-state index in [1.807, 2.05) is 12.1 Å². The normalized spacial score (nSPS) is 15.7. The van der Waals surface area contributed by atoms with E-state index in [4.69, 9.17) is 11.5 Å². The van der Waals surface area contributed by atoms with Crippen LogP contribution in [0.15, 0.2) is 60.8 Å². The zero-order valence-electron chi connectivity index (χ0n) is 20.2. The Bertz CT molecular complexity index is 1170. The summed E-state index contributed by atoms with van der Waals surface area (Å²) in [7, 11) is 0. The summed E-state index contributed by atoms with van der Waals surface area (Å²) < 4.78 is 0. The van der Waals surface area contributed by atoms with E-state index in [2.05, 4.69) is 56.4 Å². The predicted molar refractivity (Wildman–Crippen MR) is 144 cm³/mol. The topological polar surface area (TPSA) is 116 Å². The van der Waals surface area contributed by atoms with Crippen LogP contribution in [-0.4, -0.2) is 53.0 Å². The van der Waals surface area contributed by atoms with E-state index in [9.17, 15) is 4.79 Å². The van der Waals surface area contributed by atoms with Crippen LogP contribution in [0.25, 0.3) is 10.9 Å². The Morgan fingerprint density at radius 3 is 2.80 bits per heavy atom. The number of hydrogen-bond donors (Lipinski definition) is 4. The van der Waals surface area contributed by atoms with Gasteiger partial charge in [-0.2, -0.15) is 0 Å². The molecule has 35 heavy (non-hydrogen) atoms. The fourth-order valence-electron chi connectivity index (χ4n) is 4.54. The summed E-state index contributed by atoms with van der Waals surface area (Å²) in [6.07, 6.45) is 12.6. The van der Waals surface area contributed by atoms with Crippen LogP contribution < -0.4 is 21.7 Å². The first-order valence-corrected chi connectivity index (χ1v) is 13.1. The number of hydrogen-bond acceptors (Lipinski definition) is 7. The monoisotopic (exact) mass is 493 g/mol. The number of nitrogens with one attached hydrogen (secondary N) is 2. The lowest BCUT2D eigenvalue weighted by atomic mass is 10.0. The summed E-state index contributed by atoms with van der Waals surface area (Å²) >= 11 is 1.45. The quantitative estimate of drug-likeness (QED) is 0.321. The second kappa shape index (κ2) is 11.8. The van der Waals surface area contributed by atoms with Crippen LogP contribution in [0.1, 0.15) is 41.4 Å². The van der Waals surface area contributed by atoms with Gasteiger partial charge in [-0.3, -0.25) is 4.79 Å². The van der Waals surface area contributed by atoms with Crippen LogP contribution in [0.2, 0.25) is 0 Å². The standard InChI is InChI=1S/C26H35N7OS/c1-2-3-6-20(15-19-17-29-23-8-5-4-7-22(19)23)31-25(34)24-18-30-26(35-24)33-13-11-32(12-14-33)21(16-28)9-10-27/h4-5,7-10,16-18,20,29H,2-3,6,11-15,27-28H2,1H3,(H,31,34)/b10-9-,21-16+. The Morgan fingerprint density at radius 2 is 2.06 bits per heavy atom. The maximum Gasteiger partial charge on any atom is 0.263 e. The fraction of sp³-hybridized carbons (Fsp3) is 0.385. The van der Waals surface area contributed by atoms with Crippen molar-refractivity contribution in [3.8, 4) is 0 Å². The number of piperazine rings is 1. The molecule has 1 unspecified atom stereocenters. The first-order chi connectivity index (χ1) is 17.1. The SMILES string of the molecule is CCCCC(Cc1c[nH]c2ccccc12)NC(=O)c1cnc(N2CCN(C(/C=C\N)=C/N)CC2)s1. The summed E-state index contributed by atoms with van der Waals surface area (Å²) in [4.78, 5) is 26.1. The summed E-state index contributed by atoms with van der Waals surface area (Å²) in [5, 5.41) is 5.38. The number of aromatic amines is 1. The molecule has 0 aliphatic carbocycles. The van der Waals surface area contributed by atoms with Crippen molar-refractivity contribution in [1.29, 1.82) is 0 Å². The van der Waals surface area contributed by atoms with Gasteiger partial charge in [0.25, 0.3) is 5.91 Å². The van der Waals surface area contributed by atoms with Gasteiger partial charge in [-0.1, -0.05) is 49.3 Å². The number of rotatable bonds is 10. The van der Waals surface area contributed by atoms with Crippen LogP contribution in [0.5, 0.6) is 0 Å². The van der Waals surface area contributed by atoms with Gasteiger partial charge in [0.1, 0.15) is 4.88 Å². The number of H-pyrrole nitrogens is 1. The summed E-state index contributed by atoms with van der Waals surface area (Å²) in [5.41, 5.74) is 14.5. The Morgan fingerprint density at radius 1 is 1.26 bits per heavy atom. The molecule has 1 aromatic carbocycles. The van der Waals surface area contributed by atoms with Crippen LogP contribution >= 0.6 is 11.3 Å². The maximum atomic E-state index is 13.1. The number of thiazole rings is 1. The summed E-state index contributed by atoms with van der Waals surface area (Å²) in [5.74, 6) is -0.0465. The molecule has 9 heteroatoms. The van der Waals surface area contributed by atoms with Crippen molar-refractivity contribution in [3.05, 3.63) is 71.3 Å². The number of unbranched alkanes of at least 4 members (excludes halogenated alkanes) is 1. The van der Waals surface area contributed by atoms with E-state index in [1.165, 1.54) is 28.5 Å². The maximum absolute atomic E-state index is 13.1. The Kier molecular flexibility index (Phi) is 8.31. The minimum absolute atomic E-state index is 0.0465. The number of carbonyl (C=O) groups excluding carboxylic acids is 1. The number of aromatic nitrogens is 2. The van der Waals surface area contributed by atoms with E-state index in [1.54, 1.807) is 12.4 Å². The zero-order chi connectivity index (χ0) is 24.6. The fourth-order valence-corrected chi connectivity index (χ4v) is 5.41. The second-order valence-corrected chi connectivity index (χ2v) is 9.82. The van der Waals surface area contributed by atoms with E-state index >= 15 is 0 Å². The number of nitrogens with two attached hydrogens (primary N) is 2. The van der Waals surface area contributed by atoms with Gasteiger partial charge in [0.2, 0.25) is 0 Å². The Balaban J connectivity index is 1.38. The third kappa shape index (κ3) is 5.97. The molecule has 0 saturated carbocycles. The molecule has 1 saturated heterocycles. The van der Waals surface area contributed by atoms with Gasteiger partial charge in [-0.15, -0.1) is 0 Å². The first-order valence-electron chi connectivity index (χ1n) is 12.2. The minimum Gasteiger partial charge on any atom is -0.405 e. The average molecular weight is 494 g/mol. The van der Waals surface area contributed by atoms with Crippen molar-refractivity contribution in [2.24, 2.45) is 11.5 Å². The smallest absolute Gasteiger partial charge is 0.263 e. The highest BCUT2D eigenvalue weighted by atomic mass is 32.1. The highest BCUT2D eigenvalue weighted by Gasteiger charge is 2.23. The van der Waals surface area contributed by atoms with Crippen LogP contribution in [0.4, 0.5) is 5.13 Å². The summed E-state index contributed by atoms with van der Waals surface area (Å²) in [6, 6.07) is 8.38. The lowest BCUT2D eigenvalue weighted by Gasteiger charge is -2.36. The molecule has 0 radical (unpaired) electrons. The summed E-state index contributed by atoms with van der Waals surface area (Å²) in [6.45, 7) is 5.43. The number of fused-ring (bicyclic) bond motifs is 1. The van der Waals surface area contributed by atoms with Crippen molar-refractivity contribution < 1.29 is 4.79 Å². The number of para-hydroxylation sites is 1. The van der Waals surface area contributed by atoms with Gasteiger partial charge in [-0.25, -0.2) is 4.98 Å². The van der Waals surface area contributed by atoms with Crippen LogP contribution in [-0.2, 0) is 6.42 Å². The molecule has 1 atom stereocenters. The number of nitrogens with zero attached hydrogens (tertiary/aromatic N) is 3. The van der Waals surface area contributed by atoms with Gasteiger partial charge >= 0.3 is 0 Å². The van der Waals surface area contributed by atoms with Gasteiger partial charge in [0.05, 0.1) is 11.9 Å². The molecular weight excluding hydrogens is 458 g/mol. The molecule has 0 spiro atoms. The molecule has 186 valence electrons. The molecule has 1 amide bonds. The van der Waals surface area contributed by atoms with E-state index in [0.717, 1.165) is 68.2 Å². The van der Waals surface area contributed by atoms with Gasteiger partial charge in [-0.05, 0) is 36.7 Å². The van der Waals surface area contributed by atoms with E-state index < -0.39 is 0 Å². The Labute approximate surface area is 210 Å². The molecular formula is C26H35N7OS. The van der Waals surface area contributed by atoms with Crippen molar-refractivity contribution in [2.75, 3.05) is 31.1 Å². The minimum atomic E-state index is -0.0465. The van der Waals surface area contributed by atoms with E-state index in [-0.39, 0.29) is 11.9 Å². The van der Waals surface area contributed by atoms with E-state index in [0.29, 0.717) is 4.88 Å². The molecule has 0 bridgehead atoms.